The molecular weight excluding hydrogens is 352 g/mol. The Bertz CT molecular complexity index is 975. The lowest BCUT2D eigenvalue weighted by Gasteiger charge is -2.06. The van der Waals surface area contributed by atoms with E-state index in [0.717, 1.165) is 12.1 Å². The number of nitrogens with zero attached hydrogens (tertiary/aromatic N) is 2. The molecule has 3 aromatic rings. The molecule has 1 heterocycles. The normalized spacial score (nSPS) is 11.6. The van der Waals surface area contributed by atoms with Crippen molar-refractivity contribution in [2.75, 3.05) is 0 Å². The predicted molar refractivity (Wildman–Crippen MR) is 85.6 cm³/mol. The van der Waals surface area contributed by atoms with Crippen molar-refractivity contribution < 1.29 is 21.6 Å². The first-order valence-corrected chi connectivity index (χ1v) is 8.87. The van der Waals surface area contributed by atoms with Crippen LogP contribution < -0.4 is 4.72 Å². The topological polar surface area (TPSA) is 85.1 Å². The van der Waals surface area contributed by atoms with Crippen molar-refractivity contribution >= 4 is 10.0 Å². The lowest BCUT2D eigenvalue weighted by atomic mass is 10.2. The van der Waals surface area contributed by atoms with E-state index in [4.69, 9.17) is 4.42 Å². The number of sulfonamides is 1. The lowest BCUT2D eigenvalue weighted by Crippen LogP contribution is -2.25. The van der Waals surface area contributed by atoms with Crippen molar-refractivity contribution in [2.24, 2.45) is 0 Å². The molecule has 3 rings (SSSR count). The zero-order valence-electron chi connectivity index (χ0n) is 12.8. The Labute approximate surface area is 142 Å². The highest BCUT2D eigenvalue weighted by molar-refractivity contribution is 7.88. The summed E-state index contributed by atoms with van der Waals surface area (Å²) in [6.07, 6.45) is 0. The third-order valence-corrected chi connectivity index (χ3v) is 4.57. The molecule has 0 atom stereocenters. The van der Waals surface area contributed by atoms with Gasteiger partial charge in [-0.05, 0) is 18.2 Å². The highest BCUT2D eigenvalue weighted by Gasteiger charge is 2.17. The summed E-state index contributed by atoms with van der Waals surface area (Å²) in [5.41, 5.74) is 0.571. The first-order valence-electron chi connectivity index (χ1n) is 7.22. The molecule has 1 aromatic heterocycles. The van der Waals surface area contributed by atoms with Crippen molar-refractivity contribution in [2.45, 2.75) is 12.3 Å². The minimum Gasteiger partial charge on any atom is -0.419 e. The molecule has 9 heteroatoms. The number of hydrogen-bond acceptors (Lipinski definition) is 5. The first kappa shape index (κ1) is 17.2. The molecule has 0 saturated carbocycles. The highest BCUT2D eigenvalue weighted by atomic mass is 32.2. The van der Waals surface area contributed by atoms with E-state index >= 15 is 0 Å². The van der Waals surface area contributed by atoms with Crippen LogP contribution in [0.15, 0.2) is 52.9 Å². The van der Waals surface area contributed by atoms with Gasteiger partial charge < -0.3 is 4.42 Å². The zero-order chi connectivity index (χ0) is 17.9. The Morgan fingerprint density at radius 2 is 1.80 bits per heavy atom. The van der Waals surface area contributed by atoms with E-state index in [1.807, 2.05) is 6.07 Å². The van der Waals surface area contributed by atoms with Crippen LogP contribution >= 0.6 is 0 Å². The fourth-order valence-electron chi connectivity index (χ4n) is 2.09. The van der Waals surface area contributed by atoms with Crippen LogP contribution in [0.2, 0.25) is 0 Å². The van der Waals surface area contributed by atoms with Gasteiger partial charge in [-0.2, -0.15) is 0 Å². The monoisotopic (exact) mass is 365 g/mol. The van der Waals surface area contributed by atoms with Gasteiger partial charge in [-0.15, -0.1) is 10.2 Å². The van der Waals surface area contributed by atoms with Gasteiger partial charge in [0.2, 0.25) is 21.8 Å². The van der Waals surface area contributed by atoms with Crippen molar-refractivity contribution in [3.63, 3.8) is 0 Å². The van der Waals surface area contributed by atoms with Gasteiger partial charge in [0, 0.05) is 17.2 Å². The van der Waals surface area contributed by atoms with E-state index in [9.17, 15) is 17.2 Å². The summed E-state index contributed by atoms with van der Waals surface area (Å²) in [5, 5.41) is 7.61. The fourth-order valence-corrected chi connectivity index (χ4v) is 3.18. The molecular formula is C16H13F2N3O3S. The quantitative estimate of drug-likeness (QED) is 0.726. The molecule has 0 aliphatic heterocycles. The van der Waals surface area contributed by atoms with Gasteiger partial charge >= 0.3 is 0 Å². The van der Waals surface area contributed by atoms with Crippen LogP contribution in [0.25, 0.3) is 11.5 Å². The predicted octanol–water partition coefficient (Wildman–Crippen LogP) is 2.63. The molecule has 0 bridgehead atoms. The summed E-state index contributed by atoms with van der Waals surface area (Å²) in [6, 6.07) is 11.7. The van der Waals surface area contributed by atoms with Gasteiger partial charge in [-0.3, -0.25) is 0 Å². The minimum absolute atomic E-state index is 0.0713. The van der Waals surface area contributed by atoms with E-state index in [0.29, 0.717) is 11.6 Å². The number of rotatable bonds is 6. The number of benzene rings is 2. The number of halogens is 2. The summed E-state index contributed by atoms with van der Waals surface area (Å²) < 4.78 is 58.1. The van der Waals surface area contributed by atoms with E-state index in [-0.39, 0.29) is 23.9 Å². The Kier molecular flexibility index (Phi) is 4.86. The second kappa shape index (κ2) is 7.08. The molecule has 0 radical (unpaired) electrons. The minimum atomic E-state index is -3.86. The largest absolute Gasteiger partial charge is 0.419 e. The third-order valence-electron chi connectivity index (χ3n) is 3.29. The average molecular weight is 365 g/mol. The van der Waals surface area contributed by atoms with Crippen molar-refractivity contribution in [1.82, 2.24) is 14.9 Å². The van der Waals surface area contributed by atoms with Crippen LogP contribution in [0.1, 0.15) is 11.5 Å². The van der Waals surface area contributed by atoms with E-state index in [2.05, 4.69) is 14.9 Å². The molecule has 0 unspecified atom stereocenters. The molecule has 6 nitrogen and oxygen atoms in total. The third kappa shape index (κ3) is 4.46. The molecule has 0 saturated heterocycles. The SMILES string of the molecule is O=S(=O)(Cc1ccc(F)cc1F)NCc1nnc(-c2ccccc2)o1. The van der Waals surface area contributed by atoms with Crippen molar-refractivity contribution in [3.05, 3.63) is 71.6 Å². The van der Waals surface area contributed by atoms with E-state index < -0.39 is 27.4 Å². The molecule has 2 aromatic carbocycles. The lowest BCUT2D eigenvalue weighted by molar-refractivity contribution is 0.493. The van der Waals surface area contributed by atoms with Crippen molar-refractivity contribution in [1.29, 1.82) is 0 Å². The summed E-state index contributed by atoms with van der Waals surface area (Å²) >= 11 is 0. The molecule has 0 aliphatic rings. The van der Waals surface area contributed by atoms with Gasteiger partial charge in [-0.25, -0.2) is 21.9 Å². The van der Waals surface area contributed by atoms with Crippen LogP contribution in [0.4, 0.5) is 8.78 Å². The van der Waals surface area contributed by atoms with Crippen LogP contribution in [0.5, 0.6) is 0 Å². The average Bonchev–Trinajstić information content (AvgIpc) is 3.06. The summed E-state index contributed by atoms with van der Waals surface area (Å²) in [6.45, 7) is -0.231. The summed E-state index contributed by atoms with van der Waals surface area (Å²) in [4.78, 5) is 0. The van der Waals surface area contributed by atoms with Crippen LogP contribution in [0, 0.1) is 11.6 Å². The Balaban J connectivity index is 1.65. The summed E-state index contributed by atoms with van der Waals surface area (Å²) in [5.74, 6) is -1.99. The van der Waals surface area contributed by atoms with Gasteiger partial charge in [0.05, 0.1) is 12.3 Å². The molecule has 25 heavy (non-hydrogen) atoms. The fraction of sp³-hybridized carbons (Fsp3) is 0.125. The maximum absolute atomic E-state index is 13.6. The van der Waals surface area contributed by atoms with Crippen LogP contribution in [-0.4, -0.2) is 18.6 Å². The molecule has 130 valence electrons. The summed E-state index contributed by atoms with van der Waals surface area (Å²) in [7, 11) is -3.86. The van der Waals surface area contributed by atoms with Gasteiger partial charge in [0.25, 0.3) is 0 Å². The van der Waals surface area contributed by atoms with Gasteiger partial charge in [-0.1, -0.05) is 24.3 Å². The first-order chi connectivity index (χ1) is 11.9. The number of aromatic nitrogens is 2. The van der Waals surface area contributed by atoms with E-state index in [1.54, 1.807) is 24.3 Å². The van der Waals surface area contributed by atoms with Gasteiger partial charge in [0.1, 0.15) is 11.6 Å². The second-order valence-electron chi connectivity index (χ2n) is 5.18. The smallest absolute Gasteiger partial charge is 0.247 e. The molecule has 0 amide bonds. The molecule has 1 N–H and O–H groups in total. The second-order valence-corrected chi connectivity index (χ2v) is 6.99. The Morgan fingerprint density at radius 1 is 1.04 bits per heavy atom. The maximum atomic E-state index is 13.6. The van der Waals surface area contributed by atoms with Crippen LogP contribution in [0.3, 0.4) is 0 Å². The van der Waals surface area contributed by atoms with Crippen molar-refractivity contribution in [3.8, 4) is 11.5 Å². The Hall–Kier alpha value is -2.65. The van der Waals surface area contributed by atoms with Crippen LogP contribution in [-0.2, 0) is 22.3 Å². The molecule has 0 fully saturated rings. The zero-order valence-corrected chi connectivity index (χ0v) is 13.6. The molecule has 0 spiro atoms. The number of nitrogens with one attached hydrogen (secondary N) is 1. The number of hydrogen-bond donors (Lipinski definition) is 1. The maximum Gasteiger partial charge on any atom is 0.247 e. The van der Waals surface area contributed by atoms with Gasteiger partial charge in [0.15, 0.2) is 0 Å². The van der Waals surface area contributed by atoms with E-state index in [1.165, 1.54) is 0 Å². The standard InChI is InChI=1S/C16H13F2N3O3S/c17-13-7-6-12(14(18)8-13)10-25(22,23)19-9-15-20-21-16(24-15)11-4-2-1-3-5-11/h1-8,19H,9-10H2. The Morgan fingerprint density at radius 3 is 2.52 bits per heavy atom. The molecule has 0 aliphatic carbocycles. The highest BCUT2D eigenvalue weighted by Crippen LogP contribution is 2.17.